The Morgan fingerprint density at radius 1 is 1.10 bits per heavy atom. The zero-order chi connectivity index (χ0) is 23.3. The average molecular weight is 427 g/mol. The van der Waals surface area contributed by atoms with Gasteiger partial charge >= 0.3 is 5.97 Å². The molecule has 0 saturated carbocycles. The molecule has 0 spiro atoms. The molecular weight excluding hydrogens is 388 g/mol. The van der Waals surface area contributed by atoms with Crippen molar-refractivity contribution < 1.29 is 19.0 Å². The molecule has 1 unspecified atom stereocenters. The molecule has 0 aliphatic carbocycles. The van der Waals surface area contributed by atoms with Gasteiger partial charge in [0.25, 0.3) is 0 Å². The van der Waals surface area contributed by atoms with Gasteiger partial charge in [-0.1, -0.05) is 56.0 Å². The quantitative estimate of drug-likeness (QED) is 0.411. The third kappa shape index (κ3) is 10.5. The third-order valence-electron chi connectivity index (χ3n) is 4.29. The van der Waals surface area contributed by atoms with Gasteiger partial charge in [-0.3, -0.25) is 4.79 Å². The molecule has 4 nitrogen and oxygen atoms in total. The van der Waals surface area contributed by atoms with E-state index in [0.29, 0.717) is 6.61 Å². The van der Waals surface area contributed by atoms with Gasteiger partial charge in [-0.15, -0.1) is 0 Å². The Morgan fingerprint density at radius 3 is 2.32 bits per heavy atom. The topological polar surface area (TPSA) is 44.8 Å². The Kier molecular flexibility index (Phi) is 11.9. The SMILES string of the molecule is CC.CC(=O)OC(C)(C)C.Cc1ccc(C#CCOC2CCCCO2)c2ccccc12. The molecule has 1 heterocycles. The van der Waals surface area contributed by atoms with Crippen LogP contribution in [0.2, 0.25) is 0 Å². The van der Waals surface area contributed by atoms with E-state index in [9.17, 15) is 4.79 Å². The first-order chi connectivity index (χ1) is 14.8. The summed E-state index contributed by atoms with van der Waals surface area (Å²) in [5.74, 6) is 6.11. The lowest BCUT2D eigenvalue weighted by molar-refractivity contribution is -0.154. The number of carbonyl (C=O) groups is 1. The van der Waals surface area contributed by atoms with Crippen molar-refractivity contribution in [1.29, 1.82) is 0 Å². The highest BCUT2D eigenvalue weighted by atomic mass is 16.7. The van der Waals surface area contributed by atoms with E-state index in [4.69, 9.17) is 14.2 Å². The zero-order valence-corrected chi connectivity index (χ0v) is 20.2. The molecule has 0 amide bonds. The van der Waals surface area contributed by atoms with E-state index in [1.54, 1.807) is 0 Å². The Bertz CT molecular complexity index is 862. The number of rotatable bonds is 2. The molecule has 2 aromatic carbocycles. The van der Waals surface area contributed by atoms with Crippen LogP contribution < -0.4 is 0 Å². The van der Waals surface area contributed by atoms with Crippen LogP contribution in [-0.4, -0.2) is 31.1 Å². The number of fused-ring (bicyclic) bond motifs is 1. The van der Waals surface area contributed by atoms with E-state index < -0.39 is 0 Å². The number of hydrogen-bond donors (Lipinski definition) is 0. The van der Waals surface area contributed by atoms with Crippen LogP contribution >= 0.6 is 0 Å². The van der Waals surface area contributed by atoms with Crippen molar-refractivity contribution in [3.8, 4) is 11.8 Å². The van der Waals surface area contributed by atoms with Crippen molar-refractivity contribution in [2.24, 2.45) is 0 Å². The van der Waals surface area contributed by atoms with Gasteiger partial charge in [-0.05, 0) is 69.4 Å². The largest absolute Gasteiger partial charge is 0.460 e. The normalized spacial score (nSPS) is 15.4. The van der Waals surface area contributed by atoms with Gasteiger partial charge in [0.05, 0.1) is 0 Å². The number of carbonyl (C=O) groups excluding carboxylic acids is 1. The van der Waals surface area contributed by atoms with Crippen molar-refractivity contribution in [1.82, 2.24) is 0 Å². The fraction of sp³-hybridized carbons (Fsp3) is 0.519. The predicted octanol–water partition coefficient (Wildman–Crippen LogP) is 6.42. The van der Waals surface area contributed by atoms with E-state index >= 15 is 0 Å². The first-order valence-corrected chi connectivity index (χ1v) is 11.2. The Morgan fingerprint density at radius 2 is 1.77 bits per heavy atom. The Hall–Kier alpha value is -2.35. The summed E-state index contributed by atoms with van der Waals surface area (Å²) in [4.78, 5) is 10.2. The number of ether oxygens (including phenoxy) is 3. The molecule has 2 aromatic rings. The Labute approximate surface area is 188 Å². The first-order valence-electron chi connectivity index (χ1n) is 11.2. The van der Waals surface area contributed by atoms with Gasteiger partial charge < -0.3 is 14.2 Å². The van der Waals surface area contributed by atoms with E-state index in [-0.39, 0.29) is 17.9 Å². The number of aryl methyl sites for hydroxylation is 1. The van der Waals surface area contributed by atoms with Crippen LogP contribution in [0.25, 0.3) is 10.8 Å². The summed E-state index contributed by atoms with van der Waals surface area (Å²) in [5, 5.41) is 2.47. The smallest absolute Gasteiger partial charge is 0.303 e. The maximum atomic E-state index is 10.2. The van der Waals surface area contributed by atoms with Crippen LogP contribution in [0.5, 0.6) is 0 Å². The minimum absolute atomic E-state index is 0.0668. The summed E-state index contributed by atoms with van der Waals surface area (Å²) < 4.78 is 16.0. The van der Waals surface area contributed by atoms with E-state index in [0.717, 1.165) is 25.0 Å². The second-order valence-electron chi connectivity index (χ2n) is 8.09. The summed E-state index contributed by atoms with van der Waals surface area (Å²) >= 11 is 0. The maximum Gasteiger partial charge on any atom is 0.303 e. The third-order valence-corrected chi connectivity index (χ3v) is 4.29. The van der Waals surface area contributed by atoms with Gasteiger partial charge in [0.1, 0.15) is 12.2 Å². The number of benzene rings is 2. The first kappa shape index (κ1) is 26.7. The summed E-state index contributed by atoms with van der Waals surface area (Å²) in [5.41, 5.74) is 2.01. The molecule has 1 atom stereocenters. The van der Waals surface area contributed by atoms with E-state index in [1.165, 1.54) is 29.7 Å². The minimum Gasteiger partial charge on any atom is -0.460 e. The van der Waals surface area contributed by atoms with Crippen LogP contribution in [0.3, 0.4) is 0 Å². The summed E-state index contributed by atoms with van der Waals surface area (Å²) in [6.07, 6.45) is 3.24. The molecule has 4 heteroatoms. The zero-order valence-electron chi connectivity index (χ0n) is 20.2. The molecule has 0 bridgehead atoms. The highest BCUT2D eigenvalue weighted by molar-refractivity contribution is 5.90. The van der Waals surface area contributed by atoms with E-state index in [1.807, 2.05) is 34.6 Å². The fourth-order valence-electron chi connectivity index (χ4n) is 3.10. The molecule has 0 aromatic heterocycles. The second kappa shape index (κ2) is 13.9. The molecule has 1 aliphatic heterocycles. The van der Waals surface area contributed by atoms with Crippen LogP contribution in [0, 0.1) is 18.8 Å². The average Bonchev–Trinajstić information content (AvgIpc) is 2.74. The molecule has 31 heavy (non-hydrogen) atoms. The van der Waals surface area contributed by atoms with Crippen LogP contribution in [0.15, 0.2) is 36.4 Å². The van der Waals surface area contributed by atoms with Gasteiger partial charge in [-0.2, -0.15) is 0 Å². The van der Waals surface area contributed by atoms with Gasteiger partial charge in [0.2, 0.25) is 0 Å². The molecule has 1 saturated heterocycles. The van der Waals surface area contributed by atoms with Crippen LogP contribution in [0.1, 0.15) is 71.9 Å². The highest BCUT2D eigenvalue weighted by Gasteiger charge is 2.13. The highest BCUT2D eigenvalue weighted by Crippen LogP contribution is 2.21. The molecule has 3 rings (SSSR count). The fourth-order valence-corrected chi connectivity index (χ4v) is 3.10. The molecule has 0 radical (unpaired) electrons. The molecule has 1 fully saturated rings. The predicted molar refractivity (Wildman–Crippen MR) is 128 cm³/mol. The van der Waals surface area contributed by atoms with Crippen LogP contribution in [0.4, 0.5) is 0 Å². The summed E-state index contributed by atoms with van der Waals surface area (Å²) in [7, 11) is 0. The van der Waals surface area contributed by atoms with Crippen molar-refractivity contribution in [3.63, 3.8) is 0 Å². The lowest BCUT2D eigenvalue weighted by Gasteiger charge is -2.21. The van der Waals surface area contributed by atoms with E-state index in [2.05, 4.69) is 55.2 Å². The second-order valence-corrected chi connectivity index (χ2v) is 8.09. The van der Waals surface area contributed by atoms with Crippen molar-refractivity contribution in [2.75, 3.05) is 13.2 Å². The van der Waals surface area contributed by atoms with Crippen molar-refractivity contribution in [3.05, 3.63) is 47.5 Å². The molecule has 170 valence electrons. The minimum atomic E-state index is -0.328. The maximum absolute atomic E-state index is 10.2. The van der Waals surface area contributed by atoms with Crippen molar-refractivity contribution in [2.45, 2.75) is 79.6 Å². The molecule has 1 aliphatic rings. The Balaban J connectivity index is 0.000000409. The number of esters is 1. The standard InChI is InChI=1S/C19H20O2.C6H12O2.C2H6/c1-15-11-12-16(18-9-3-2-8-17(15)18)7-6-14-21-19-10-4-5-13-20-19;1-5(7)8-6(2,3)4;1-2/h2-3,8-9,11-12,19H,4-5,10,13-14H2,1H3;1-4H3;1-2H3. The van der Waals surface area contributed by atoms with Crippen molar-refractivity contribution >= 4 is 16.7 Å². The number of hydrogen-bond acceptors (Lipinski definition) is 4. The summed E-state index contributed by atoms with van der Waals surface area (Å²) in [6.45, 7) is 14.3. The van der Waals surface area contributed by atoms with Gasteiger partial charge in [0.15, 0.2) is 6.29 Å². The lowest BCUT2D eigenvalue weighted by Crippen LogP contribution is -2.22. The molecular formula is C27H38O4. The lowest BCUT2D eigenvalue weighted by atomic mass is 10.0. The molecule has 0 N–H and O–H groups in total. The monoisotopic (exact) mass is 426 g/mol. The summed E-state index contributed by atoms with van der Waals surface area (Å²) in [6, 6.07) is 12.6. The van der Waals surface area contributed by atoms with Gasteiger partial charge in [-0.25, -0.2) is 0 Å². The van der Waals surface area contributed by atoms with Gasteiger partial charge in [0, 0.05) is 19.1 Å². The van der Waals surface area contributed by atoms with Crippen LogP contribution in [-0.2, 0) is 19.0 Å².